The standard InChI is InChI=1S/C40H63N6O9PS/c1-3-4-5-6-7-8-9-10-11-12-13-14-15-19-23-51-24-20-25-52-40(49)29(2)45-56(50,55-30-21-17-16-18-22-30)53-27-32-34(47)35(48)39(54-32)46-26-31(37(42)57)33-36(41)43-28-44-38(33)46/h16-18,21-22,26,28-29,32,34-35,39,47-48H,3-15,19-20,23-25,27H2,1-2H3,(H2,42,57)(H,45,50)(H2,41,43,44)/t29?,32?,34-,35+,39+,56?/m0/s1. The Kier molecular flexibility index (Phi) is 20.1. The molecule has 0 spiro atoms. The Labute approximate surface area is 342 Å². The number of aliphatic hydroxyl groups is 2. The van der Waals surface area contributed by atoms with Crippen LogP contribution in [0.3, 0.4) is 0 Å². The zero-order chi connectivity index (χ0) is 41.0. The van der Waals surface area contributed by atoms with E-state index in [9.17, 15) is 19.6 Å². The van der Waals surface area contributed by atoms with Gasteiger partial charge in [0.2, 0.25) is 0 Å². The maximum atomic E-state index is 14.1. The average Bonchev–Trinajstić information content (AvgIpc) is 3.72. The predicted octanol–water partition coefficient (Wildman–Crippen LogP) is 6.88. The number of unbranched alkanes of at least 4 members (excludes halogenated alkanes) is 13. The van der Waals surface area contributed by atoms with Crippen LogP contribution in [0, 0.1) is 0 Å². The number of para-hydroxylation sites is 1. The van der Waals surface area contributed by atoms with Crippen molar-refractivity contribution in [2.45, 2.75) is 141 Å². The summed E-state index contributed by atoms with van der Waals surface area (Å²) in [5, 5.41) is 25.0. The van der Waals surface area contributed by atoms with Crippen LogP contribution in [-0.2, 0) is 28.1 Å². The number of carbonyl (C=O) groups excluding carboxylic acids is 1. The number of thiocarbonyl (C=S) groups is 1. The van der Waals surface area contributed by atoms with Gasteiger partial charge in [0.1, 0.15) is 52.9 Å². The Hall–Kier alpha value is -3.21. The number of fused-ring (bicyclic) bond motifs is 1. The van der Waals surface area contributed by atoms with Gasteiger partial charge in [0.05, 0.1) is 18.6 Å². The second-order valence-corrected chi connectivity index (χ2v) is 16.7. The van der Waals surface area contributed by atoms with Gasteiger partial charge in [-0.1, -0.05) is 121 Å². The third-order valence-electron chi connectivity index (χ3n) is 9.92. The number of nitrogen functional groups attached to an aromatic ring is 1. The van der Waals surface area contributed by atoms with Crippen LogP contribution < -0.4 is 21.1 Å². The number of carbonyl (C=O) groups is 1. The molecule has 2 aromatic heterocycles. The zero-order valence-electron chi connectivity index (χ0n) is 33.5. The van der Waals surface area contributed by atoms with Gasteiger partial charge in [-0.15, -0.1) is 0 Å². The first-order chi connectivity index (χ1) is 27.5. The molecule has 1 aliphatic rings. The number of ether oxygens (including phenoxy) is 3. The molecule has 1 aromatic carbocycles. The maximum absolute atomic E-state index is 14.1. The Morgan fingerprint density at radius 2 is 1.54 bits per heavy atom. The molecular weight excluding hydrogens is 772 g/mol. The van der Waals surface area contributed by atoms with E-state index < -0.39 is 50.9 Å². The third-order valence-corrected chi connectivity index (χ3v) is 11.8. The van der Waals surface area contributed by atoms with Crippen LogP contribution in [0.4, 0.5) is 5.82 Å². The molecule has 57 heavy (non-hydrogen) atoms. The first-order valence-electron chi connectivity index (χ1n) is 20.5. The SMILES string of the molecule is CCCCCCCCCCCCCCCCOCCCOC(=O)C(C)NP(=O)(OCC1O[C@@H](n2cc(C(N)=S)c3c(N)ncnc32)[C@H](O)[C@H]1O)Oc1ccccc1. The average molecular weight is 835 g/mol. The van der Waals surface area contributed by atoms with Crippen LogP contribution in [0.5, 0.6) is 5.75 Å². The summed E-state index contributed by atoms with van der Waals surface area (Å²) >= 11 is 5.17. The number of esters is 1. The molecule has 3 heterocycles. The topological polar surface area (TPSA) is 216 Å². The van der Waals surface area contributed by atoms with Crippen LogP contribution in [0.1, 0.15) is 122 Å². The van der Waals surface area contributed by atoms with Crippen LogP contribution in [0.15, 0.2) is 42.9 Å². The fraction of sp³-hybridized carbons (Fsp3) is 0.650. The van der Waals surface area contributed by atoms with Gasteiger partial charge in [-0.3, -0.25) is 9.32 Å². The van der Waals surface area contributed by atoms with E-state index in [0.29, 0.717) is 30.6 Å². The van der Waals surface area contributed by atoms with E-state index in [0.717, 1.165) is 12.8 Å². The van der Waals surface area contributed by atoms with Gasteiger partial charge in [0, 0.05) is 31.4 Å². The van der Waals surface area contributed by atoms with Crippen LogP contribution in [0.25, 0.3) is 11.0 Å². The number of aliphatic hydroxyl groups excluding tert-OH is 2. The lowest BCUT2D eigenvalue weighted by Crippen LogP contribution is -2.37. The van der Waals surface area contributed by atoms with Crippen molar-refractivity contribution >= 4 is 47.8 Å². The van der Waals surface area contributed by atoms with E-state index >= 15 is 0 Å². The number of nitrogens with zero attached hydrogens (tertiary/aromatic N) is 3. The molecule has 15 nitrogen and oxygen atoms in total. The lowest BCUT2D eigenvalue weighted by Gasteiger charge is -2.24. The highest BCUT2D eigenvalue weighted by Gasteiger charge is 2.46. The molecule has 1 aliphatic heterocycles. The summed E-state index contributed by atoms with van der Waals surface area (Å²) in [5.74, 6) is -0.336. The van der Waals surface area contributed by atoms with E-state index in [1.54, 1.807) is 30.3 Å². The molecule has 0 radical (unpaired) electrons. The molecule has 6 atom stereocenters. The summed E-state index contributed by atoms with van der Waals surface area (Å²) in [5.41, 5.74) is 12.6. The van der Waals surface area contributed by atoms with Gasteiger partial charge in [0.25, 0.3) is 0 Å². The van der Waals surface area contributed by atoms with E-state index in [1.165, 1.54) is 101 Å². The molecule has 17 heteroatoms. The minimum atomic E-state index is -4.30. The molecule has 4 rings (SSSR count). The summed E-state index contributed by atoms with van der Waals surface area (Å²) < 4.78 is 44.2. The van der Waals surface area contributed by atoms with Gasteiger partial charge in [-0.25, -0.2) is 14.5 Å². The van der Waals surface area contributed by atoms with Crippen molar-refractivity contribution in [3.05, 3.63) is 48.4 Å². The largest absolute Gasteiger partial charge is 0.464 e. The first-order valence-corrected chi connectivity index (χ1v) is 22.4. The second-order valence-electron chi connectivity index (χ2n) is 14.6. The van der Waals surface area contributed by atoms with Crippen LogP contribution >= 0.6 is 20.0 Å². The van der Waals surface area contributed by atoms with E-state index in [2.05, 4.69) is 22.0 Å². The number of hydrogen-bond acceptors (Lipinski definition) is 13. The van der Waals surface area contributed by atoms with Crippen LogP contribution in [-0.4, -0.2) is 86.5 Å². The molecule has 0 amide bonds. The van der Waals surface area contributed by atoms with Gasteiger partial charge in [-0.2, -0.15) is 5.09 Å². The first kappa shape index (κ1) is 46.5. The van der Waals surface area contributed by atoms with Crippen molar-refractivity contribution in [2.75, 3.05) is 32.2 Å². The lowest BCUT2D eigenvalue weighted by molar-refractivity contribution is -0.145. The summed E-state index contributed by atoms with van der Waals surface area (Å²) in [6.45, 7) is 4.49. The maximum Gasteiger partial charge on any atom is 0.459 e. The smallest absolute Gasteiger partial charge is 0.459 e. The number of aromatic nitrogens is 3. The molecule has 3 unspecified atom stereocenters. The summed E-state index contributed by atoms with van der Waals surface area (Å²) in [4.78, 5) is 21.2. The Bertz CT molecular complexity index is 1700. The van der Waals surface area contributed by atoms with Gasteiger partial charge in [-0.05, 0) is 25.5 Å². The quantitative estimate of drug-likeness (QED) is 0.0209. The van der Waals surface area contributed by atoms with Gasteiger partial charge in [0.15, 0.2) is 6.23 Å². The highest BCUT2D eigenvalue weighted by atomic mass is 32.1. The van der Waals surface area contributed by atoms with E-state index in [4.69, 9.17) is 46.9 Å². The van der Waals surface area contributed by atoms with Gasteiger partial charge >= 0.3 is 13.7 Å². The van der Waals surface area contributed by atoms with Crippen LogP contribution in [0.2, 0.25) is 0 Å². The predicted molar refractivity (Wildman–Crippen MR) is 224 cm³/mol. The normalized spacial score (nSPS) is 19.7. The minimum absolute atomic E-state index is 0.0228. The molecular formula is C40H63N6O9PS. The van der Waals surface area contributed by atoms with Crippen molar-refractivity contribution in [2.24, 2.45) is 5.73 Å². The molecule has 3 aromatic rings. The third kappa shape index (κ3) is 14.8. The van der Waals surface area contributed by atoms with Gasteiger partial charge < -0.3 is 45.0 Å². The molecule has 7 N–H and O–H groups in total. The van der Waals surface area contributed by atoms with Crippen molar-refractivity contribution in [3.8, 4) is 5.75 Å². The highest BCUT2D eigenvalue weighted by Crippen LogP contribution is 2.46. The van der Waals surface area contributed by atoms with E-state index in [-0.39, 0.29) is 28.8 Å². The van der Waals surface area contributed by atoms with E-state index in [1.807, 2.05) is 0 Å². The highest BCUT2D eigenvalue weighted by molar-refractivity contribution is 7.80. The lowest BCUT2D eigenvalue weighted by atomic mass is 10.0. The molecule has 1 fully saturated rings. The number of nitrogens with one attached hydrogen (secondary N) is 1. The number of benzene rings is 1. The minimum Gasteiger partial charge on any atom is -0.464 e. The Morgan fingerprint density at radius 1 is 0.930 bits per heavy atom. The fourth-order valence-corrected chi connectivity index (χ4v) is 8.37. The second kappa shape index (κ2) is 24.7. The fourth-order valence-electron chi connectivity index (χ4n) is 6.72. The molecule has 1 saturated heterocycles. The molecule has 0 saturated carbocycles. The van der Waals surface area contributed by atoms with Crippen molar-refractivity contribution in [1.82, 2.24) is 19.6 Å². The number of anilines is 1. The Morgan fingerprint density at radius 3 is 2.18 bits per heavy atom. The number of nitrogens with two attached hydrogens (primary N) is 2. The summed E-state index contributed by atoms with van der Waals surface area (Å²) in [6.07, 6.45) is 16.2. The van der Waals surface area contributed by atoms with Crippen molar-refractivity contribution in [1.29, 1.82) is 0 Å². The Balaban J connectivity index is 1.17. The molecule has 318 valence electrons. The molecule has 0 aliphatic carbocycles. The van der Waals surface area contributed by atoms with Crippen molar-refractivity contribution < 1.29 is 42.8 Å². The summed E-state index contributed by atoms with van der Waals surface area (Å²) in [6, 6.07) is 7.17. The number of rotatable bonds is 29. The van der Waals surface area contributed by atoms with Crippen molar-refractivity contribution in [3.63, 3.8) is 0 Å². The molecule has 0 bridgehead atoms. The monoisotopic (exact) mass is 834 g/mol. The zero-order valence-corrected chi connectivity index (χ0v) is 35.2. The number of hydrogen-bond donors (Lipinski definition) is 5. The summed E-state index contributed by atoms with van der Waals surface area (Å²) in [7, 11) is -4.30.